The number of nitrogens with zero attached hydrogens (tertiary/aromatic N) is 1. The summed E-state index contributed by atoms with van der Waals surface area (Å²) >= 11 is 0. The van der Waals surface area contributed by atoms with Crippen molar-refractivity contribution in [3.8, 4) is 0 Å². The minimum Gasteiger partial charge on any atom is -0.273 e. The molecule has 1 heterocycles. The Morgan fingerprint density at radius 2 is 2.06 bits per heavy atom. The molecule has 0 saturated carbocycles. The zero-order chi connectivity index (χ0) is 12.1. The number of rotatable bonds is 4. The maximum atomic E-state index is 11.6. The molecule has 1 aromatic rings. The fourth-order valence-electron chi connectivity index (χ4n) is 1.93. The van der Waals surface area contributed by atoms with Crippen molar-refractivity contribution >= 4 is 11.6 Å². The number of hydrazine groups is 1. The van der Waals surface area contributed by atoms with E-state index in [4.69, 9.17) is 0 Å². The molecular weight excluding hydrogens is 212 g/mol. The van der Waals surface area contributed by atoms with Gasteiger partial charge in [0.2, 0.25) is 5.91 Å². The number of carbonyl (C=O) groups is 1. The summed E-state index contributed by atoms with van der Waals surface area (Å²) < 4.78 is 0. The first-order valence-electron chi connectivity index (χ1n) is 6.13. The van der Waals surface area contributed by atoms with Crippen LogP contribution in [0.5, 0.6) is 0 Å². The van der Waals surface area contributed by atoms with Crippen LogP contribution < -0.4 is 10.4 Å². The van der Waals surface area contributed by atoms with E-state index in [2.05, 4.69) is 12.3 Å². The molecule has 1 aliphatic rings. The highest BCUT2D eigenvalue weighted by molar-refractivity contribution is 5.82. The third kappa shape index (κ3) is 3.09. The topological polar surface area (TPSA) is 32.3 Å². The van der Waals surface area contributed by atoms with Crippen LogP contribution >= 0.6 is 0 Å². The van der Waals surface area contributed by atoms with Gasteiger partial charge in [-0.25, -0.2) is 0 Å². The van der Waals surface area contributed by atoms with Gasteiger partial charge in [-0.15, -0.1) is 0 Å². The standard InChI is InChI=1S/C14H18N2O/c1-2-3-7-12-10-14(17)15-16(11-12)13-8-5-4-6-9-13/h4-6,8-9,11H,2-3,7,10H2,1H3,(H,15,17). The fourth-order valence-corrected chi connectivity index (χ4v) is 1.93. The molecule has 0 spiro atoms. The summed E-state index contributed by atoms with van der Waals surface area (Å²) in [5.74, 6) is 0.0717. The van der Waals surface area contributed by atoms with Gasteiger partial charge in [0, 0.05) is 6.20 Å². The largest absolute Gasteiger partial charge is 0.273 e. The summed E-state index contributed by atoms with van der Waals surface area (Å²) in [7, 11) is 0. The van der Waals surface area contributed by atoms with Crippen molar-refractivity contribution in [2.45, 2.75) is 32.6 Å². The van der Waals surface area contributed by atoms with Gasteiger partial charge in [0.25, 0.3) is 0 Å². The molecule has 1 amide bonds. The highest BCUT2D eigenvalue weighted by atomic mass is 16.2. The number of unbranched alkanes of at least 4 members (excludes halogenated alkanes) is 1. The average Bonchev–Trinajstić information content (AvgIpc) is 2.37. The Kier molecular flexibility index (Phi) is 3.81. The highest BCUT2D eigenvalue weighted by Crippen LogP contribution is 2.20. The quantitative estimate of drug-likeness (QED) is 0.862. The van der Waals surface area contributed by atoms with Gasteiger partial charge in [-0.05, 0) is 30.5 Å². The molecule has 0 aromatic heterocycles. The molecule has 0 radical (unpaired) electrons. The molecular formula is C14H18N2O. The lowest BCUT2D eigenvalue weighted by atomic mass is 10.1. The molecule has 0 atom stereocenters. The first kappa shape index (κ1) is 11.7. The summed E-state index contributed by atoms with van der Waals surface area (Å²) in [4.78, 5) is 11.6. The number of amides is 1. The number of carbonyl (C=O) groups excluding carboxylic acids is 1. The Balaban J connectivity index is 2.14. The molecule has 1 N–H and O–H groups in total. The van der Waals surface area contributed by atoms with Crippen LogP contribution in [0.25, 0.3) is 0 Å². The zero-order valence-electron chi connectivity index (χ0n) is 10.1. The van der Waals surface area contributed by atoms with Gasteiger partial charge < -0.3 is 0 Å². The smallest absolute Gasteiger partial charge is 0.242 e. The molecule has 0 bridgehead atoms. The molecule has 1 aromatic carbocycles. The Morgan fingerprint density at radius 1 is 1.29 bits per heavy atom. The number of hydrogen-bond donors (Lipinski definition) is 1. The summed E-state index contributed by atoms with van der Waals surface area (Å²) in [5.41, 5.74) is 5.06. The summed E-state index contributed by atoms with van der Waals surface area (Å²) in [6.45, 7) is 2.17. The number of hydrogen-bond acceptors (Lipinski definition) is 2. The zero-order valence-corrected chi connectivity index (χ0v) is 10.1. The van der Waals surface area contributed by atoms with Gasteiger partial charge in [0.05, 0.1) is 12.1 Å². The molecule has 0 fully saturated rings. The Hall–Kier alpha value is -1.77. The summed E-state index contributed by atoms with van der Waals surface area (Å²) in [6.07, 6.45) is 5.88. The van der Waals surface area contributed by atoms with Crippen molar-refractivity contribution in [2.75, 3.05) is 5.01 Å². The van der Waals surface area contributed by atoms with Crippen LogP contribution in [0, 0.1) is 0 Å². The van der Waals surface area contributed by atoms with Crippen molar-refractivity contribution in [3.63, 3.8) is 0 Å². The average molecular weight is 230 g/mol. The van der Waals surface area contributed by atoms with E-state index in [0.29, 0.717) is 6.42 Å². The summed E-state index contributed by atoms with van der Waals surface area (Å²) in [6, 6.07) is 9.88. The van der Waals surface area contributed by atoms with Crippen molar-refractivity contribution in [1.82, 2.24) is 5.43 Å². The van der Waals surface area contributed by atoms with Gasteiger partial charge in [-0.1, -0.05) is 31.5 Å². The molecule has 17 heavy (non-hydrogen) atoms. The van der Waals surface area contributed by atoms with E-state index in [1.807, 2.05) is 41.5 Å². The molecule has 3 nitrogen and oxygen atoms in total. The second-order valence-electron chi connectivity index (χ2n) is 4.31. The van der Waals surface area contributed by atoms with Crippen LogP contribution in [0.4, 0.5) is 5.69 Å². The second-order valence-corrected chi connectivity index (χ2v) is 4.31. The lowest BCUT2D eigenvalue weighted by molar-refractivity contribution is -0.120. The monoisotopic (exact) mass is 230 g/mol. The predicted octanol–water partition coefficient (Wildman–Crippen LogP) is 3.00. The molecule has 3 heteroatoms. The molecule has 0 unspecified atom stereocenters. The van der Waals surface area contributed by atoms with Gasteiger partial charge in [-0.2, -0.15) is 0 Å². The van der Waals surface area contributed by atoms with Crippen molar-refractivity contribution in [1.29, 1.82) is 0 Å². The van der Waals surface area contributed by atoms with Crippen LogP contribution in [0.15, 0.2) is 42.1 Å². The molecule has 0 saturated heterocycles. The third-order valence-electron chi connectivity index (χ3n) is 2.83. The third-order valence-corrected chi connectivity index (χ3v) is 2.83. The number of benzene rings is 1. The van der Waals surface area contributed by atoms with Crippen LogP contribution in [0.3, 0.4) is 0 Å². The fraction of sp³-hybridized carbons (Fsp3) is 0.357. The normalized spacial score (nSPS) is 15.5. The maximum absolute atomic E-state index is 11.6. The van der Waals surface area contributed by atoms with E-state index in [0.717, 1.165) is 24.9 Å². The predicted molar refractivity (Wildman–Crippen MR) is 69.3 cm³/mol. The van der Waals surface area contributed by atoms with Crippen molar-refractivity contribution in [2.24, 2.45) is 0 Å². The van der Waals surface area contributed by atoms with Gasteiger partial charge in [0.1, 0.15) is 0 Å². The molecule has 0 aliphatic carbocycles. The Labute approximate surface area is 102 Å². The maximum Gasteiger partial charge on any atom is 0.242 e. The van der Waals surface area contributed by atoms with Crippen molar-refractivity contribution < 1.29 is 4.79 Å². The van der Waals surface area contributed by atoms with Gasteiger partial charge in [-0.3, -0.25) is 15.2 Å². The lowest BCUT2D eigenvalue weighted by Crippen LogP contribution is -2.42. The first-order valence-corrected chi connectivity index (χ1v) is 6.13. The van der Waals surface area contributed by atoms with E-state index >= 15 is 0 Å². The van der Waals surface area contributed by atoms with Crippen LogP contribution in [0.2, 0.25) is 0 Å². The highest BCUT2D eigenvalue weighted by Gasteiger charge is 2.16. The molecule has 2 rings (SSSR count). The minimum atomic E-state index is 0.0717. The molecule has 1 aliphatic heterocycles. The van der Waals surface area contributed by atoms with Crippen LogP contribution in [0.1, 0.15) is 32.6 Å². The van der Waals surface area contributed by atoms with Gasteiger partial charge in [0.15, 0.2) is 0 Å². The lowest BCUT2D eigenvalue weighted by Gasteiger charge is -2.27. The van der Waals surface area contributed by atoms with Crippen LogP contribution in [-0.2, 0) is 4.79 Å². The van der Waals surface area contributed by atoms with E-state index in [1.54, 1.807) is 0 Å². The van der Waals surface area contributed by atoms with E-state index in [1.165, 1.54) is 5.57 Å². The van der Waals surface area contributed by atoms with E-state index in [-0.39, 0.29) is 5.91 Å². The SMILES string of the molecule is CCCCC1=CN(c2ccccc2)NC(=O)C1. The summed E-state index contributed by atoms with van der Waals surface area (Å²) in [5, 5.41) is 1.82. The Morgan fingerprint density at radius 3 is 2.76 bits per heavy atom. The number of anilines is 1. The van der Waals surface area contributed by atoms with E-state index in [9.17, 15) is 4.79 Å². The second kappa shape index (κ2) is 5.53. The number of nitrogens with one attached hydrogen (secondary N) is 1. The Bertz CT molecular complexity index is 411. The van der Waals surface area contributed by atoms with Crippen LogP contribution in [-0.4, -0.2) is 5.91 Å². The number of para-hydroxylation sites is 1. The minimum absolute atomic E-state index is 0.0717. The van der Waals surface area contributed by atoms with Crippen molar-refractivity contribution in [3.05, 3.63) is 42.1 Å². The van der Waals surface area contributed by atoms with Gasteiger partial charge >= 0.3 is 0 Å². The van der Waals surface area contributed by atoms with E-state index < -0.39 is 0 Å². The molecule has 90 valence electrons. The first-order chi connectivity index (χ1) is 8.29.